The topological polar surface area (TPSA) is 52.9 Å². The van der Waals surface area contributed by atoms with Crippen molar-refractivity contribution in [2.24, 2.45) is 0 Å². The lowest BCUT2D eigenvalue weighted by Crippen LogP contribution is -2.13. The van der Waals surface area contributed by atoms with Gasteiger partial charge in [-0.3, -0.25) is 4.79 Å². The largest absolute Gasteiger partial charge is 0.321 e. The maximum Gasteiger partial charge on any atom is 0.266 e. The smallest absolute Gasteiger partial charge is 0.266 e. The van der Waals surface area contributed by atoms with Gasteiger partial charge in [-0.15, -0.1) is 0 Å². The highest BCUT2D eigenvalue weighted by Crippen LogP contribution is 2.15. The van der Waals surface area contributed by atoms with Crippen molar-refractivity contribution in [3.8, 4) is 6.07 Å². The third kappa shape index (κ3) is 3.71. The van der Waals surface area contributed by atoms with Crippen molar-refractivity contribution in [2.75, 3.05) is 5.32 Å². The van der Waals surface area contributed by atoms with Gasteiger partial charge < -0.3 is 5.32 Å². The molecule has 0 atom stereocenters. The van der Waals surface area contributed by atoms with Crippen molar-refractivity contribution in [2.45, 2.75) is 0 Å². The predicted octanol–water partition coefficient (Wildman–Crippen LogP) is 3.89. The number of hydrogen-bond acceptors (Lipinski definition) is 2. The quantitative estimate of drug-likeness (QED) is 0.686. The molecule has 0 aliphatic rings. The molecule has 20 heavy (non-hydrogen) atoms. The summed E-state index contributed by atoms with van der Waals surface area (Å²) in [6, 6.07) is 17.8. The second kappa shape index (κ2) is 6.55. The van der Waals surface area contributed by atoms with Gasteiger partial charge in [-0.2, -0.15) is 5.26 Å². The molecule has 0 saturated carbocycles. The molecule has 0 heterocycles. The van der Waals surface area contributed by atoms with E-state index in [2.05, 4.69) is 5.32 Å². The molecule has 1 amide bonds. The van der Waals surface area contributed by atoms with E-state index < -0.39 is 5.91 Å². The Hall–Kier alpha value is -2.57. The van der Waals surface area contributed by atoms with Crippen LogP contribution in [-0.4, -0.2) is 5.91 Å². The average Bonchev–Trinajstić information content (AvgIpc) is 2.48. The number of nitrogens with zero attached hydrogens (tertiary/aromatic N) is 1. The number of carbonyl (C=O) groups excluding carboxylic acids is 1. The molecule has 3 nitrogen and oxygen atoms in total. The minimum Gasteiger partial charge on any atom is -0.321 e. The van der Waals surface area contributed by atoms with E-state index in [9.17, 15) is 4.79 Å². The highest BCUT2D eigenvalue weighted by atomic mass is 35.5. The fourth-order valence-electron chi connectivity index (χ4n) is 1.60. The van der Waals surface area contributed by atoms with Crippen LogP contribution in [0.2, 0.25) is 5.02 Å². The summed E-state index contributed by atoms with van der Waals surface area (Å²) in [5, 5.41) is 12.3. The first-order valence-electron chi connectivity index (χ1n) is 5.93. The molecule has 2 aromatic rings. The maximum atomic E-state index is 12.0. The van der Waals surface area contributed by atoms with Crippen molar-refractivity contribution >= 4 is 29.3 Å². The van der Waals surface area contributed by atoms with E-state index in [1.54, 1.807) is 30.3 Å². The fraction of sp³-hybridized carbons (Fsp3) is 0. The van der Waals surface area contributed by atoms with Gasteiger partial charge >= 0.3 is 0 Å². The van der Waals surface area contributed by atoms with Crippen LogP contribution >= 0.6 is 11.6 Å². The number of nitriles is 1. The molecule has 0 spiro atoms. The second-order valence-corrected chi connectivity index (χ2v) is 4.48. The van der Waals surface area contributed by atoms with Gasteiger partial charge in [0.15, 0.2) is 0 Å². The van der Waals surface area contributed by atoms with E-state index >= 15 is 0 Å². The van der Waals surface area contributed by atoms with E-state index in [0.29, 0.717) is 10.7 Å². The second-order valence-electron chi connectivity index (χ2n) is 4.04. The molecule has 0 saturated heterocycles. The Balaban J connectivity index is 2.16. The molecule has 0 aliphatic carbocycles. The number of amides is 1. The van der Waals surface area contributed by atoms with E-state index in [1.807, 2.05) is 36.4 Å². The predicted molar refractivity (Wildman–Crippen MR) is 80.1 cm³/mol. The number of nitrogens with one attached hydrogen (secondary N) is 1. The first-order chi connectivity index (χ1) is 9.69. The van der Waals surface area contributed by atoms with Gasteiger partial charge in [0.25, 0.3) is 5.91 Å². The summed E-state index contributed by atoms with van der Waals surface area (Å²) >= 11 is 5.77. The van der Waals surface area contributed by atoms with Crippen LogP contribution in [0.25, 0.3) is 6.08 Å². The molecule has 2 aromatic carbocycles. The van der Waals surface area contributed by atoms with E-state index in [0.717, 1.165) is 5.56 Å². The molecule has 98 valence electrons. The van der Waals surface area contributed by atoms with Crippen LogP contribution in [0, 0.1) is 11.3 Å². The third-order valence-corrected chi connectivity index (χ3v) is 2.83. The van der Waals surface area contributed by atoms with E-state index in [1.165, 1.54) is 0 Å². The Morgan fingerprint density at radius 3 is 2.35 bits per heavy atom. The Labute approximate surface area is 122 Å². The van der Waals surface area contributed by atoms with Crippen molar-refractivity contribution in [3.63, 3.8) is 0 Å². The summed E-state index contributed by atoms with van der Waals surface area (Å²) in [7, 11) is 0. The SMILES string of the molecule is N#C/C(=C/c1ccccc1)C(=O)Nc1ccc(Cl)cc1. The number of carbonyl (C=O) groups is 1. The molecule has 0 unspecified atom stereocenters. The summed E-state index contributed by atoms with van der Waals surface area (Å²) in [5.41, 5.74) is 1.44. The molecule has 1 N–H and O–H groups in total. The van der Waals surface area contributed by atoms with Gasteiger partial charge in [0.05, 0.1) is 0 Å². The van der Waals surface area contributed by atoms with Gasteiger partial charge in [-0.05, 0) is 35.9 Å². The van der Waals surface area contributed by atoms with Crippen LogP contribution in [-0.2, 0) is 4.79 Å². The molecule has 0 radical (unpaired) electrons. The zero-order valence-corrected chi connectivity index (χ0v) is 11.3. The van der Waals surface area contributed by atoms with Crippen LogP contribution in [0.5, 0.6) is 0 Å². The molecule has 4 heteroatoms. The fourth-order valence-corrected chi connectivity index (χ4v) is 1.72. The zero-order chi connectivity index (χ0) is 14.4. The molecule has 0 aromatic heterocycles. The number of benzene rings is 2. The zero-order valence-electron chi connectivity index (χ0n) is 10.5. The molecule has 0 fully saturated rings. The number of rotatable bonds is 3. The molecule has 0 aliphatic heterocycles. The normalized spacial score (nSPS) is 10.7. The van der Waals surface area contributed by atoms with Crippen molar-refractivity contribution in [1.29, 1.82) is 5.26 Å². The van der Waals surface area contributed by atoms with E-state index in [4.69, 9.17) is 16.9 Å². The maximum absolute atomic E-state index is 12.0. The summed E-state index contributed by atoms with van der Waals surface area (Å²) < 4.78 is 0. The highest BCUT2D eigenvalue weighted by molar-refractivity contribution is 6.30. The number of hydrogen-bond donors (Lipinski definition) is 1. The minimum absolute atomic E-state index is 0.0474. The number of halogens is 1. The van der Waals surface area contributed by atoms with Gasteiger partial charge in [0.1, 0.15) is 11.6 Å². The molecular formula is C16H11ClN2O. The molecular weight excluding hydrogens is 272 g/mol. The van der Waals surface area contributed by atoms with Crippen LogP contribution in [0.15, 0.2) is 60.2 Å². The third-order valence-electron chi connectivity index (χ3n) is 2.58. The van der Waals surface area contributed by atoms with Gasteiger partial charge in [-0.25, -0.2) is 0 Å². The Bertz CT molecular complexity index is 670. The standard InChI is InChI=1S/C16H11ClN2O/c17-14-6-8-15(9-7-14)19-16(20)13(11-18)10-12-4-2-1-3-5-12/h1-10H,(H,19,20)/b13-10-. The van der Waals surface area contributed by atoms with E-state index in [-0.39, 0.29) is 5.57 Å². The Morgan fingerprint density at radius 2 is 1.75 bits per heavy atom. The van der Waals surface area contributed by atoms with Gasteiger partial charge in [0, 0.05) is 10.7 Å². The molecule has 2 rings (SSSR count). The lowest BCUT2D eigenvalue weighted by atomic mass is 10.1. The summed E-state index contributed by atoms with van der Waals surface area (Å²) in [6.07, 6.45) is 1.55. The highest BCUT2D eigenvalue weighted by Gasteiger charge is 2.09. The van der Waals surface area contributed by atoms with Crippen LogP contribution in [0.3, 0.4) is 0 Å². The Kier molecular flexibility index (Phi) is 4.54. The summed E-state index contributed by atoms with van der Waals surface area (Å²) in [6.45, 7) is 0. The summed E-state index contributed by atoms with van der Waals surface area (Å²) in [5.74, 6) is -0.446. The monoisotopic (exact) mass is 282 g/mol. The van der Waals surface area contributed by atoms with Crippen LogP contribution < -0.4 is 5.32 Å². The van der Waals surface area contributed by atoms with Crippen molar-refractivity contribution < 1.29 is 4.79 Å². The minimum atomic E-state index is -0.446. The first-order valence-corrected chi connectivity index (χ1v) is 6.30. The lowest BCUT2D eigenvalue weighted by Gasteiger charge is -2.04. The average molecular weight is 283 g/mol. The Morgan fingerprint density at radius 1 is 1.10 bits per heavy atom. The first kappa shape index (κ1) is 13.9. The van der Waals surface area contributed by atoms with Gasteiger partial charge in [0.2, 0.25) is 0 Å². The van der Waals surface area contributed by atoms with Crippen molar-refractivity contribution in [1.82, 2.24) is 0 Å². The van der Waals surface area contributed by atoms with Gasteiger partial charge in [-0.1, -0.05) is 41.9 Å². The molecule has 0 bridgehead atoms. The van der Waals surface area contributed by atoms with Crippen molar-refractivity contribution in [3.05, 3.63) is 70.8 Å². The van der Waals surface area contributed by atoms with Crippen LogP contribution in [0.1, 0.15) is 5.56 Å². The number of anilines is 1. The summed E-state index contributed by atoms with van der Waals surface area (Å²) in [4.78, 5) is 12.0. The van der Waals surface area contributed by atoms with Crippen LogP contribution in [0.4, 0.5) is 5.69 Å². The lowest BCUT2D eigenvalue weighted by molar-refractivity contribution is -0.112.